The number of hydrogen-bond donors (Lipinski definition) is 2. The van der Waals surface area contributed by atoms with Gasteiger partial charge in [-0.15, -0.1) is 0 Å². The van der Waals surface area contributed by atoms with Crippen LogP contribution in [0.15, 0.2) is 53.5 Å². The largest absolute Gasteiger partial charge is 0.497 e. The van der Waals surface area contributed by atoms with E-state index in [1.165, 1.54) is 11.1 Å². The van der Waals surface area contributed by atoms with Gasteiger partial charge in [-0.25, -0.2) is 0 Å². The predicted molar refractivity (Wildman–Crippen MR) is 119 cm³/mol. The summed E-state index contributed by atoms with van der Waals surface area (Å²) >= 11 is 6.07. The van der Waals surface area contributed by atoms with E-state index in [4.69, 9.17) is 21.1 Å². The first-order valence-corrected chi connectivity index (χ1v) is 10.4. The third kappa shape index (κ3) is 5.87. The molecular formula is C23H30ClN3O2. The van der Waals surface area contributed by atoms with Gasteiger partial charge in [0.05, 0.1) is 7.11 Å². The summed E-state index contributed by atoms with van der Waals surface area (Å²) in [5, 5.41) is 7.71. The van der Waals surface area contributed by atoms with E-state index in [0.29, 0.717) is 0 Å². The van der Waals surface area contributed by atoms with Gasteiger partial charge in [0.25, 0.3) is 0 Å². The van der Waals surface area contributed by atoms with Crippen LogP contribution in [0.4, 0.5) is 0 Å². The topological polar surface area (TPSA) is 54.9 Å². The highest BCUT2D eigenvalue weighted by atomic mass is 35.5. The maximum Gasteiger partial charge on any atom is 0.191 e. The number of guanidine groups is 1. The van der Waals surface area contributed by atoms with E-state index < -0.39 is 0 Å². The van der Waals surface area contributed by atoms with Gasteiger partial charge in [0.1, 0.15) is 5.75 Å². The molecule has 0 aromatic heterocycles. The van der Waals surface area contributed by atoms with Crippen LogP contribution in [0.25, 0.3) is 0 Å². The van der Waals surface area contributed by atoms with Gasteiger partial charge in [-0.05, 0) is 54.7 Å². The highest BCUT2D eigenvalue weighted by Crippen LogP contribution is 2.35. The monoisotopic (exact) mass is 415 g/mol. The zero-order chi connectivity index (χ0) is 20.5. The lowest BCUT2D eigenvalue weighted by Crippen LogP contribution is -2.48. The Balaban J connectivity index is 1.60. The average molecular weight is 416 g/mol. The van der Waals surface area contributed by atoms with E-state index in [1.54, 1.807) is 14.2 Å². The number of halogens is 1. The minimum absolute atomic E-state index is 0.0229. The van der Waals surface area contributed by atoms with Gasteiger partial charge in [-0.3, -0.25) is 4.99 Å². The molecular weight excluding hydrogens is 386 g/mol. The summed E-state index contributed by atoms with van der Waals surface area (Å²) < 4.78 is 11.0. The normalized spacial score (nSPS) is 16.3. The van der Waals surface area contributed by atoms with Crippen molar-refractivity contribution < 1.29 is 9.47 Å². The van der Waals surface area contributed by atoms with Crippen molar-refractivity contribution in [1.82, 2.24) is 10.6 Å². The second-order valence-corrected chi connectivity index (χ2v) is 7.79. The first-order chi connectivity index (χ1) is 14.1. The van der Waals surface area contributed by atoms with Crippen LogP contribution in [0.1, 0.15) is 24.0 Å². The molecule has 1 saturated heterocycles. The summed E-state index contributed by atoms with van der Waals surface area (Å²) in [4.78, 5) is 4.39. The summed E-state index contributed by atoms with van der Waals surface area (Å²) in [5.41, 5.74) is 2.54. The maximum atomic E-state index is 6.07. The Morgan fingerprint density at radius 3 is 2.55 bits per heavy atom. The molecule has 6 heteroatoms. The van der Waals surface area contributed by atoms with Crippen molar-refractivity contribution in [2.24, 2.45) is 4.99 Å². The second-order valence-electron chi connectivity index (χ2n) is 7.35. The molecule has 0 spiro atoms. The van der Waals surface area contributed by atoms with Gasteiger partial charge in [0.15, 0.2) is 5.96 Å². The van der Waals surface area contributed by atoms with Gasteiger partial charge < -0.3 is 20.1 Å². The number of rotatable bonds is 7. The summed E-state index contributed by atoms with van der Waals surface area (Å²) in [6, 6.07) is 16.4. The molecule has 0 bridgehead atoms. The molecule has 0 atom stereocenters. The molecule has 2 aromatic rings. The van der Waals surface area contributed by atoms with Gasteiger partial charge >= 0.3 is 0 Å². The van der Waals surface area contributed by atoms with Crippen LogP contribution < -0.4 is 15.4 Å². The van der Waals surface area contributed by atoms with Crippen molar-refractivity contribution >= 4 is 17.6 Å². The highest BCUT2D eigenvalue weighted by Gasteiger charge is 2.34. The number of hydrogen-bond acceptors (Lipinski definition) is 3. The Hall–Kier alpha value is -2.24. The Morgan fingerprint density at radius 2 is 1.90 bits per heavy atom. The van der Waals surface area contributed by atoms with Crippen molar-refractivity contribution in [3.63, 3.8) is 0 Å². The van der Waals surface area contributed by atoms with E-state index in [1.807, 2.05) is 30.3 Å². The Bertz CT molecular complexity index is 802. The molecule has 0 aliphatic carbocycles. The Morgan fingerprint density at radius 1 is 1.14 bits per heavy atom. The molecule has 1 heterocycles. The van der Waals surface area contributed by atoms with Crippen LogP contribution in [-0.4, -0.2) is 46.4 Å². The maximum absolute atomic E-state index is 6.07. The molecule has 0 radical (unpaired) electrons. The molecule has 1 fully saturated rings. The molecule has 0 unspecified atom stereocenters. The first-order valence-electron chi connectivity index (χ1n) is 10.1. The van der Waals surface area contributed by atoms with E-state index in [9.17, 15) is 0 Å². The van der Waals surface area contributed by atoms with Crippen LogP contribution in [0, 0.1) is 0 Å². The fraction of sp³-hybridized carbons (Fsp3) is 0.435. The predicted octanol–water partition coefficient (Wildman–Crippen LogP) is 3.80. The minimum Gasteiger partial charge on any atom is -0.497 e. The fourth-order valence-electron chi connectivity index (χ4n) is 3.77. The molecule has 2 aromatic carbocycles. The van der Waals surface area contributed by atoms with Gasteiger partial charge in [-0.2, -0.15) is 0 Å². The highest BCUT2D eigenvalue weighted by molar-refractivity contribution is 6.30. The first kappa shape index (κ1) is 21.5. The van der Waals surface area contributed by atoms with Gasteiger partial charge in [0, 0.05) is 43.8 Å². The summed E-state index contributed by atoms with van der Waals surface area (Å²) in [6.07, 6.45) is 2.84. The molecule has 0 amide bonds. The lowest BCUT2D eigenvalue weighted by atomic mass is 9.74. The number of aliphatic imine (C=N–C) groups is 1. The molecule has 0 saturated carbocycles. The summed E-state index contributed by atoms with van der Waals surface area (Å²) in [6.45, 7) is 3.14. The van der Waals surface area contributed by atoms with Crippen molar-refractivity contribution in [3.05, 3.63) is 64.7 Å². The molecule has 156 valence electrons. The van der Waals surface area contributed by atoms with Crippen LogP contribution >= 0.6 is 11.6 Å². The average Bonchev–Trinajstić information content (AvgIpc) is 2.77. The third-order valence-corrected chi connectivity index (χ3v) is 5.80. The lowest BCUT2D eigenvalue weighted by molar-refractivity contribution is 0.0513. The molecule has 2 N–H and O–H groups in total. The van der Waals surface area contributed by atoms with Gasteiger partial charge in [-0.1, -0.05) is 35.9 Å². The lowest BCUT2D eigenvalue weighted by Gasteiger charge is -2.38. The zero-order valence-corrected chi connectivity index (χ0v) is 18.0. The van der Waals surface area contributed by atoms with Gasteiger partial charge in [0.2, 0.25) is 0 Å². The standard InChI is InChI=1S/C23H30ClN3O2/c1-25-22(26-13-10-18-4-3-5-20(24)16-18)27-17-23(11-14-29-15-12-23)19-6-8-21(28-2)9-7-19/h3-9,16H,10-15,17H2,1-2H3,(H2,25,26,27). The van der Waals surface area contributed by atoms with Crippen molar-refractivity contribution in [1.29, 1.82) is 0 Å². The van der Waals surface area contributed by atoms with Crippen LogP contribution in [-0.2, 0) is 16.6 Å². The fourth-order valence-corrected chi connectivity index (χ4v) is 3.98. The number of benzene rings is 2. The van der Waals surface area contributed by atoms with E-state index in [2.05, 4.69) is 33.8 Å². The SMILES string of the molecule is CN=C(NCCc1cccc(Cl)c1)NCC1(c2ccc(OC)cc2)CCOCC1. The Kier molecular flexibility index (Phi) is 7.78. The summed E-state index contributed by atoms with van der Waals surface area (Å²) in [5.74, 6) is 1.69. The number of nitrogens with one attached hydrogen (secondary N) is 2. The van der Waals surface area contributed by atoms with Crippen LogP contribution in [0.3, 0.4) is 0 Å². The van der Waals surface area contributed by atoms with Crippen LogP contribution in [0.2, 0.25) is 5.02 Å². The Labute approximate surface area is 178 Å². The molecule has 5 nitrogen and oxygen atoms in total. The second kappa shape index (κ2) is 10.5. The van der Waals surface area contributed by atoms with E-state index in [-0.39, 0.29) is 5.41 Å². The number of ether oxygens (including phenoxy) is 2. The van der Waals surface area contributed by atoms with Crippen molar-refractivity contribution in [2.75, 3.05) is 40.5 Å². The number of methoxy groups -OCH3 is 1. The van der Waals surface area contributed by atoms with Crippen molar-refractivity contribution in [3.8, 4) is 5.75 Å². The third-order valence-electron chi connectivity index (χ3n) is 5.57. The zero-order valence-electron chi connectivity index (χ0n) is 17.2. The quantitative estimate of drug-likeness (QED) is 0.533. The molecule has 1 aliphatic heterocycles. The summed E-state index contributed by atoms with van der Waals surface area (Å²) in [7, 11) is 3.50. The molecule has 29 heavy (non-hydrogen) atoms. The van der Waals surface area contributed by atoms with E-state index >= 15 is 0 Å². The van der Waals surface area contributed by atoms with Crippen LogP contribution in [0.5, 0.6) is 5.75 Å². The smallest absolute Gasteiger partial charge is 0.191 e. The molecule has 1 aliphatic rings. The minimum atomic E-state index is 0.0229. The molecule has 3 rings (SSSR count). The number of nitrogens with zero attached hydrogens (tertiary/aromatic N) is 1. The van der Waals surface area contributed by atoms with Crippen molar-refractivity contribution in [2.45, 2.75) is 24.7 Å². The van der Waals surface area contributed by atoms with E-state index in [0.717, 1.165) is 62.3 Å².